The van der Waals surface area contributed by atoms with Crippen LogP contribution in [-0.2, 0) is 0 Å². The van der Waals surface area contributed by atoms with E-state index in [1.165, 1.54) is 18.2 Å². The van der Waals surface area contributed by atoms with Gasteiger partial charge in [-0.15, -0.1) is 0 Å². The maximum atomic E-state index is 13.4. The highest BCUT2D eigenvalue weighted by Crippen LogP contribution is 2.25. The molecule has 7 nitrogen and oxygen atoms in total. The highest BCUT2D eigenvalue weighted by molar-refractivity contribution is 6.05. The molecule has 0 bridgehead atoms. The highest BCUT2D eigenvalue weighted by Gasteiger charge is 2.23. The first kappa shape index (κ1) is 23.7. The van der Waals surface area contributed by atoms with Gasteiger partial charge in [-0.25, -0.2) is 8.78 Å². The number of phenols is 1. The summed E-state index contributed by atoms with van der Waals surface area (Å²) in [6, 6.07) is 15.9. The van der Waals surface area contributed by atoms with Crippen LogP contribution in [0.5, 0.6) is 5.75 Å². The number of carbonyl (C=O) groups is 2. The molecule has 35 heavy (non-hydrogen) atoms. The van der Waals surface area contributed by atoms with E-state index in [2.05, 4.69) is 16.3 Å². The number of hydrogen-bond donors (Lipinski definition) is 2. The fourth-order valence-electron chi connectivity index (χ4n) is 3.97. The third-order valence-electron chi connectivity index (χ3n) is 5.76. The maximum absolute atomic E-state index is 13.4. The number of anilines is 2. The van der Waals surface area contributed by atoms with Crippen LogP contribution in [0.1, 0.15) is 32.7 Å². The van der Waals surface area contributed by atoms with Crippen molar-refractivity contribution < 1.29 is 23.5 Å². The van der Waals surface area contributed by atoms with Crippen LogP contribution >= 0.6 is 0 Å². The number of aromatic hydroxyl groups is 1. The van der Waals surface area contributed by atoms with Crippen molar-refractivity contribution in [1.29, 1.82) is 5.26 Å². The summed E-state index contributed by atoms with van der Waals surface area (Å²) in [5.74, 6) is -3.17. The van der Waals surface area contributed by atoms with E-state index in [1.807, 2.05) is 12.1 Å². The molecule has 0 aromatic heterocycles. The molecule has 0 radical (unpaired) electrons. The largest absolute Gasteiger partial charge is 0.507 e. The highest BCUT2D eigenvalue weighted by atomic mass is 19.1. The van der Waals surface area contributed by atoms with Gasteiger partial charge in [0.05, 0.1) is 17.2 Å². The van der Waals surface area contributed by atoms with E-state index in [0.717, 1.165) is 30.8 Å². The lowest BCUT2D eigenvalue weighted by molar-refractivity contribution is 0.0764. The van der Waals surface area contributed by atoms with Gasteiger partial charge >= 0.3 is 0 Å². The molecule has 178 valence electrons. The second kappa shape index (κ2) is 10.2. The second-order valence-corrected chi connectivity index (χ2v) is 8.14. The normalized spacial score (nSPS) is 13.6. The van der Waals surface area contributed by atoms with Gasteiger partial charge in [-0.05, 0) is 55.0 Å². The second-order valence-electron chi connectivity index (χ2n) is 8.14. The van der Waals surface area contributed by atoms with Crippen LogP contribution in [0.2, 0.25) is 0 Å². The molecule has 2 amide bonds. The number of rotatable bonds is 4. The molecule has 4 rings (SSSR count). The third-order valence-corrected chi connectivity index (χ3v) is 5.76. The first-order valence-electron chi connectivity index (χ1n) is 11.0. The van der Waals surface area contributed by atoms with Crippen LogP contribution in [0, 0.1) is 23.0 Å². The molecule has 2 N–H and O–H groups in total. The fraction of sp³-hybridized carbons (Fsp3) is 0.192. The monoisotopic (exact) mass is 476 g/mol. The molecule has 3 aromatic carbocycles. The standard InChI is InChI=1S/C26H22F2N4O3/c27-19-12-18(13-20(28)14-19)25(34)30-21-4-7-23(24(33)15-21)26(35)32-9-1-8-31(10-11-32)22-5-2-17(16-29)3-6-22/h2-7,12-15,33H,1,8-11H2,(H,30,34). The van der Waals surface area contributed by atoms with E-state index in [0.29, 0.717) is 31.3 Å². The Labute approximate surface area is 200 Å². The summed E-state index contributed by atoms with van der Waals surface area (Å²) in [5.41, 5.74) is 1.61. The van der Waals surface area contributed by atoms with Gasteiger partial charge in [-0.3, -0.25) is 9.59 Å². The summed E-state index contributed by atoms with van der Waals surface area (Å²) in [6.45, 7) is 2.29. The lowest BCUT2D eigenvalue weighted by Gasteiger charge is -2.24. The Balaban J connectivity index is 1.42. The average Bonchev–Trinajstić information content (AvgIpc) is 3.10. The van der Waals surface area contributed by atoms with Crippen molar-refractivity contribution in [2.75, 3.05) is 36.4 Å². The van der Waals surface area contributed by atoms with Crippen molar-refractivity contribution >= 4 is 23.2 Å². The SMILES string of the molecule is N#Cc1ccc(N2CCCN(C(=O)c3ccc(NC(=O)c4cc(F)cc(F)c4)cc3O)CC2)cc1. The molecule has 0 spiro atoms. The zero-order chi connectivity index (χ0) is 24.9. The summed E-state index contributed by atoms with van der Waals surface area (Å²) >= 11 is 0. The molecular weight excluding hydrogens is 454 g/mol. The molecule has 1 heterocycles. The van der Waals surface area contributed by atoms with Crippen LogP contribution in [-0.4, -0.2) is 48.0 Å². The van der Waals surface area contributed by atoms with Crippen molar-refractivity contribution in [3.8, 4) is 11.8 Å². The summed E-state index contributed by atoms with van der Waals surface area (Å²) in [4.78, 5) is 29.2. The summed E-state index contributed by atoms with van der Waals surface area (Å²) in [5, 5.41) is 21.9. The summed E-state index contributed by atoms with van der Waals surface area (Å²) in [7, 11) is 0. The van der Waals surface area contributed by atoms with E-state index in [4.69, 9.17) is 5.26 Å². The topological polar surface area (TPSA) is 96.7 Å². The predicted octanol–water partition coefficient (Wildman–Crippen LogP) is 4.15. The molecule has 9 heteroatoms. The molecule has 0 saturated carbocycles. The van der Waals surface area contributed by atoms with Gasteiger partial charge in [0.15, 0.2) is 0 Å². The number of phenolic OH excluding ortho intramolecular Hbond substituents is 1. The minimum absolute atomic E-state index is 0.0895. The molecule has 1 fully saturated rings. The first-order valence-corrected chi connectivity index (χ1v) is 11.0. The van der Waals surface area contributed by atoms with Gasteiger partial charge in [0, 0.05) is 55.2 Å². The number of nitrogens with one attached hydrogen (secondary N) is 1. The number of amides is 2. The van der Waals surface area contributed by atoms with Crippen LogP contribution < -0.4 is 10.2 Å². The number of halogens is 2. The van der Waals surface area contributed by atoms with Gasteiger partial charge in [-0.1, -0.05) is 0 Å². The molecule has 1 saturated heterocycles. The predicted molar refractivity (Wildman–Crippen MR) is 126 cm³/mol. The Kier molecular flexibility index (Phi) is 6.92. The molecule has 0 atom stereocenters. The number of nitrogens with zero attached hydrogens (tertiary/aromatic N) is 3. The number of nitriles is 1. The van der Waals surface area contributed by atoms with E-state index in [1.54, 1.807) is 17.0 Å². The Morgan fingerprint density at radius 1 is 0.914 bits per heavy atom. The van der Waals surface area contributed by atoms with Crippen LogP contribution in [0.25, 0.3) is 0 Å². The average molecular weight is 476 g/mol. The number of carbonyl (C=O) groups excluding carboxylic acids is 2. The molecule has 0 aliphatic carbocycles. The van der Waals surface area contributed by atoms with Crippen molar-refractivity contribution in [3.05, 3.63) is 89.0 Å². The molecular formula is C26H22F2N4O3. The Morgan fingerprint density at radius 3 is 2.29 bits per heavy atom. The Morgan fingerprint density at radius 2 is 1.63 bits per heavy atom. The zero-order valence-electron chi connectivity index (χ0n) is 18.7. The smallest absolute Gasteiger partial charge is 0.257 e. The van der Waals surface area contributed by atoms with Gasteiger partial charge in [0.1, 0.15) is 17.4 Å². The molecule has 3 aromatic rings. The number of benzene rings is 3. The molecule has 0 unspecified atom stereocenters. The van der Waals surface area contributed by atoms with Gasteiger partial charge < -0.3 is 20.2 Å². The van der Waals surface area contributed by atoms with Crippen molar-refractivity contribution in [2.24, 2.45) is 0 Å². The van der Waals surface area contributed by atoms with E-state index < -0.39 is 17.5 Å². The Hall–Kier alpha value is -4.45. The molecule has 1 aliphatic heterocycles. The zero-order valence-corrected chi connectivity index (χ0v) is 18.7. The van der Waals surface area contributed by atoms with Gasteiger partial charge in [0.25, 0.3) is 11.8 Å². The minimum atomic E-state index is -0.880. The van der Waals surface area contributed by atoms with Crippen LogP contribution in [0.15, 0.2) is 60.7 Å². The van der Waals surface area contributed by atoms with Gasteiger partial charge in [0.2, 0.25) is 0 Å². The fourth-order valence-corrected chi connectivity index (χ4v) is 3.97. The van der Waals surface area contributed by atoms with Gasteiger partial charge in [-0.2, -0.15) is 5.26 Å². The van der Waals surface area contributed by atoms with E-state index in [9.17, 15) is 23.5 Å². The third kappa shape index (κ3) is 5.55. The quantitative estimate of drug-likeness (QED) is 0.590. The number of hydrogen-bond acceptors (Lipinski definition) is 5. The maximum Gasteiger partial charge on any atom is 0.257 e. The lowest BCUT2D eigenvalue weighted by atomic mass is 10.1. The first-order chi connectivity index (χ1) is 16.8. The minimum Gasteiger partial charge on any atom is -0.507 e. The Bertz CT molecular complexity index is 1280. The van der Waals surface area contributed by atoms with Crippen molar-refractivity contribution in [3.63, 3.8) is 0 Å². The van der Waals surface area contributed by atoms with E-state index >= 15 is 0 Å². The lowest BCUT2D eigenvalue weighted by Crippen LogP contribution is -2.35. The van der Waals surface area contributed by atoms with E-state index in [-0.39, 0.29) is 28.5 Å². The van der Waals surface area contributed by atoms with Crippen LogP contribution in [0.4, 0.5) is 20.2 Å². The van der Waals surface area contributed by atoms with Crippen molar-refractivity contribution in [1.82, 2.24) is 4.90 Å². The van der Waals surface area contributed by atoms with Crippen molar-refractivity contribution in [2.45, 2.75) is 6.42 Å². The van der Waals surface area contributed by atoms with Crippen LogP contribution in [0.3, 0.4) is 0 Å². The summed E-state index contributed by atoms with van der Waals surface area (Å²) in [6.07, 6.45) is 0.727. The molecule has 1 aliphatic rings. The summed E-state index contributed by atoms with van der Waals surface area (Å²) < 4.78 is 26.7.